The van der Waals surface area contributed by atoms with Crippen LogP contribution in [0.5, 0.6) is 0 Å². The van der Waals surface area contributed by atoms with Gasteiger partial charge >= 0.3 is 6.03 Å². The van der Waals surface area contributed by atoms with Gasteiger partial charge in [-0.15, -0.1) is 5.10 Å². The number of hydrogen-bond donors (Lipinski definition) is 4. The molecule has 3 aromatic rings. The number of thiol groups is 1. The van der Waals surface area contributed by atoms with Crippen LogP contribution in [0.1, 0.15) is 39.7 Å². The molecule has 0 bridgehead atoms. The first-order valence-corrected chi connectivity index (χ1v) is 13.3. The SMILES string of the molecule is CC(C)CC(CS)C(=O)NCCN(Cc1ccc(-c2ccccc2-c2nnn[nH]2)cc1)C(=O)NC(C)C. The predicted octanol–water partition coefficient (Wildman–Crippen LogP) is 4.16. The maximum atomic E-state index is 12.9. The number of carbonyl (C=O) groups is 2. The minimum absolute atomic E-state index is 0.00801. The van der Waals surface area contributed by atoms with Gasteiger partial charge in [-0.25, -0.2) is 9.89 Å². The van der Waals surface area contributed by atoms with Crippen LogP contribution in [0.25, 0.3) is 22.5 Å². The van der Waals surface area contributed by atoms with Crippen molar-refractivity contribution in [2.24, 2.45) is 11.8 Å². The third kappa shape index (κ3) is 8.31. The zero-order chi connectivity index (χ0) is 26.8. The number of hydrogen-bond acceptors (Lipinski definition) is 6. The quantitative estimate of drug-likeness (QED) is 0.266. The number of amides is 3. The molecule has 0 saturated carbocycles. The lowest BCUT2D eigenvalue weighted by Crippen LogP contribution is -2.46. The third-order valence-electron chi connectivity index (χ3n) is 5.89. The van der Waals surface area contributed by atoms with Gasteiger partial charge in [0.05, 0.1) is 0 Å². The van der Waals surface area contributed by atoms with E-state index in [0.717, 1.165) is 28.7 Å². The fourth-order valence-electron chi connectivity index (χ4n) is 4.11. The molecular weight excluding hydrogens is 486 g/mol. The van der Waals surface area contributed by atoms with E-state index >= 15 is 0 Å². The molecule has 9 nitrogen and oxygen atoms in total. The van der Waals surface area contributed by atoms with Gasteiger partial charge in [0, 0.05) is 42.9 Å². The van der Waals surface area contributed by atoms with Crippen molar-refractivity contribution in [2.45, 2.75) is 46.7 Å². The summed E-state index contributed by atoms with van der Waals surface area (Å²) in [5.41, 5.74) is 3.92. The number of tetrazole rings is 1. The molecule has 0 saturated heterocycles. The Morgan fingerprint density at radius 2 is 1.73 bits per heavy atom. The molecule has 10 heteroatoms. The Balaban J connectivity index is 1.69. The van der Waals surface area contributed by atoms with E-state index < -0.39 is 0 Å². The van der Waals surface area contributed by atoms with E-state index in [4.69, 9.17) is 0 Å². The minimum Gasteiger partial charge on any atom is -0.354 e. The number of rotatable bonds is 12. The molecule has 0 aliphatic rings. The summed E-state index contributed by atoms with van der Waals surface area (Å²) < 4.78 is 0. The normalized spacial score (nSPS) is 12.0. The van der Waals surface area contributed by atoms with Crippen molar-refractivity contribution < 1.29 is 9.59 Å². The summed E-state index contributed by atoms with van der Waals surface area (Å²) >= 11 is 4.34. The number of nitrogens with zero attached hydrogens (tertiary/aromatic N) is 4. The number of aromatic nitrogens is 4. The molecule has 37 heavy (non-hydrogen) atoms. The highest BCUT2D eigenvalue weighted by Crippen LogP contribution is 2.29. The fourth-order valence-corrected chi connectivity index (χ4v) is 4.42. The molecule has 0 aliphatic heterocycles. The zero-order valence-electron chi connectivity index (χ0n) is 21.9. The zero-order valence-corrected chi connectivity index (χ0v) is 22.8. The average molecular weight is 524 g/mol. The maximum absolute atomic E-state index is 12.9. The lowest BCUT2D eigenvalue weighted by atomic mass is 9.98. The van der Waals surface area contributed by atoms with Crippen LogP contribution in [0.3, 0.4) is 0 Å². The van der Waals surface area contributed by atoms with Gasteiger partial charge in [-0.05, 0) is 53.3 Å². The first-order valence-electron chi connectivity index (χ1n) is 12.6. The van der Waals surface area contributed by atoms with Crippen LogP contribution >= 0.6 is 12.6 Å². The van der Waals surface area contributed by atoms with Crippen molar-refractivity contribution >= 4 is 24.6 Å². The number of nitrogens with one attached hydrogen (secondary N) is 3. The van der Waals surface area contributed by atoms with Crippen LogP contribution in [0.4, 0.5) is 4.79 Å². The fraction of sp³-hybridized carbons (Fsp3) is 0.444. The Hall–Kier alpha value is -3.40. The van der Waals surface area contributed by atoms with Gasteiger partial charge in [-0.2, -0.15) is 12.6 Å². The Morgan fingerprint density at radius 3 is 2.32 bits per heavy atom. The standard InChI is InChI=1S/C27H37N7O2S/c1-18(2)15-22(17-37)26(35)28-13-14-34(27(36)29-19(3)4)16-20-9-11-21(12-10-20)23-7-5-6-8-24(23)25-30-32-33-31-25/h5-12,18-19,22,37H,13-17H2,1-4H3,(H,28,35)(H,29,36)(H,30,31,32,33). The smallest absolute Gasteiger partial charge is 0.317 e. The van der Waals surface area contributed by atoms with Gasteiger partial charge in [-0.3, -0.25) is 4.79 Å². The summed E-state index contributed by atoms with van der Waals surface area (Å²) in [7, 11) is 0. The number of benzene rings is 2. The van der Waals surface area contributed by atoms with Crippen LogP contribution in [-0.2, 0) is 11.3 Å². The van der Waals surface area contributed by atoms with Gasteiger partial charge in [0.25, 0.3) is 0 Å². The summed E-state index contributed by atoms with van der Waals surface area (Å²) in [6, 6.07) is 15.8. The topological polar surface area (TPSA) is 116 Å². The molecule has 0 radical (unpaired) electrons. The Morgan fingerprint density at radius 1 is 1.03 bits per heavy atom. The number of urea groups is 1. The van der Waals surface area contributed by atoms with Gasteiger partial charge in [-0.1, -0.05) is 62.4 Å². The molecule has 1 unspecified atom stereocenters. The number of carbonyl (C=O) groups excluding carboxylic acids is 2. The van der Waals surface area contributed by atoms with E-state index in [0.29, 0.717) is 37.1 Å². The van der Waals surface area contributed by atoms with Crippen LogP contribution in [-0.4, -0.2) is 62.3 Å². The largest absolute Gasteiger partial charge is 0.354 e. The minimum atomic E-state index is -0.163. The maximum Gasteiger partial charge on any atom is 0.317 e. The highest BCUT2D eigenvalue weighted by Gasteiger charge is 2.20. The Kier molecular flexibility index (Phi) is 10.5. The molecule has 0 fully saturated rings. The molecule has 0 spiro atoms. The van der Waals surface area contributed by atoms with E-state index in [1.165, 1.54) is 0 Å². The van der Waals surface area contributed by atoms with Crippen LogP contribution in [0, 0.1) is 11.8 Å². The summed E-state index contributed by atoms with van der Waals surface area (Å²) in [5, 5.41) is 20.2. The van der Waals surface area contributed by atoms with Crippen molar-refractivity contribution in [1.29, 1.82) is 0 Å². The molecule has 0 aliphatic carbocycles. The van der Waals surface area contributed by atoms with Crippen molar-refractivity contribution in [3.63, 3.8) is 0 Å². The second kappa shape index (κ2) is 13.8. The molecule has 3 amide bonds. The van der Waals surface area contributed by atoms with E-state index in [1.54, 1.807) is 4.90 Å². The lowest BCUT2D eigenvalue weighted by molar-refractivity contribution is -0.124. The van der Waals surface area contributed by atoms with Crippen LogP contribution < -0.4 is 10.6 Å². The highest BCUT2D eigenvalue weighted by atomic mass is 32.1. The second-order valence-corrected chi connectivity index (χ2v) is 10.2. The lowest BCUT2D eigenvalue weighted by Gasteiger charge is -2.25. The highest BCUT2D eigenvalue weighted by molar-refractivity contribution is 7.80. The predicted molar refractivity (Wildman–Crippen MR) is 149 cm³/mol. The van der Waals surface area contributed by atoms with Crippen molar-refractivity contribution in [3.05, 3.63) is 54.1 Å². The summed E-state index contributed by atoms with van der Waals surface area (Å²) in [6.07, 6.45) is 0.787. The summed E-state index contributed by atoms with van der Waals surface area (Å²) in [6.45, 7) is 9.24. The monoisotopic (exact) mass is 523 g/mol. The van der Waals surface area contributed by atoms with Gasteiger partial charge < -0.3 is 15.5 Å². The number of H-pyrrole nitrogens is 1. The van der Waals surface area contributed by atoms with E-state index in [-0.39, 0.29) is 23.9 Å². The molecular formula is C27H37N7O2S. The van der Waals surface area contributed by atoms with Gasteiger partial charge in [0.15, 0.2) is 5.82 Å². The third-order valence-corrected chi connectivity index (χ3v) is 6.33. The van der Waals surface area contributed by atoms with Gasteiger partial charge in [0.1, 0.15) is 0 Å². The summed E-state index contributed by atoms with van der Waals surface area (Å²) in [4.78, 5) is 27.2. The van der Waals surface area contributed by atoms with E-state index in [9.17, 15) is 9.59 Å². The van der Waals surface area contributed by atoms with Crippen LogP contribution in [0.2, 0.25) is 0 Å². The first-order chi connectivity index (χ1) is 17.8. The molecule has 3 N–H and O–H groups in total. The first kappa shape index (κ1) is 28.2. The Bertz CT molecular complexity index is 1130. The number of aromatic amines is 1. The van der Waals surface area contributed by atoms with Gasteiger partial charge in [0.2, 0.25) is 5.91 Å². The molecule has 198 valence electrons. The molecule has 2 aromatic carbocycles. The van der Waals surface area contributed by atoms with Crippen LogP contribution in [0.15, 0.2) is 48.5 Å². The summed E-state index contributed by atoms with van der Waals surface area (Å²) in [5.74, 6) is 1.37. The van der Waals surface area contributed by atoms with Crippen molar-refractivity contribution in [3.8, 4) is 22.5 Å². The average Bonchev–Trinajstić information content (AvgIpc) is 3.41. The molecule has 1 heterocycles. The van der Waals surface area contributed by atoms with E-state index in [1.807, 2.05) is 62.4 Å². The molecule has 1 atom stereocenters. The molecule has 1 aromatic heterocycles. The van der Waals surface area contributed by atoms with Crippen molar-refractivity contribution in [1.82, 2.24) is 36.2 Å². The molecule has 3 rings (SSSR count). The van der Waals surface area contributed by atoms with Crippen molar-refractivity contribution in [2.75, 3.05) is 18.8 Å². The Labute approximate surface area is 224 Å². The second-order valence-electron chi connectivity index (χ2n) is 9.82. The van der Waals surface area contributed by atoms with E-state index in [2.05, 4.69) is 57.7 Å².